The van der Waals surface area contributed by atoms with E-state index in [1.54, 1.807) is 6.07 Å². The molecular weight excluding hydrogens is 316 g/mol. The third-order valence-corrected chi connectivity index (χ3v) is 3.73. The van der Waals surface area contributed by atoms with Crippen LogP contribution in [0.3, 0.4) is 0 Å². The molecule has 118 valence electrons. The molecule has 8 heteroatoms. The van der Waals surface area contributed by atoms with Crippen LogP contribution in [0.4, 0.5) is 17.1 Å². The van der Waals surface area contributed by atoms with Crippen molar-refractivity contribution in [3.63, 3.8) is 0 Å². The molecule has 0 saturated carbocycles. The Morgan fingerprint density at radius 1 is 1.09 bits per heavy atom. The fourth-order valence-corrected chi connectivity index (χ4v) is 2.24. The van der Waals surface area contributed by atoms with E-state index in [4.69, 9.17) is 9.81 Å². The van der Waals surface area contributed by atoms with Crippen LogP contribution in [0.1, 0.15) is 6.42 Å². The second-order valence-electron chi connectivity index (χ2n) is 4.52. The van der Waals surface area contributed by atoms with Gasteiger partial charge < -0.3 is 5.32 Å². The summed E-state index contributed by atoms with van der Waals surface area (Å²) in [6.07, 6.45) is 0.378. The zero-order valence-corrected chi connectivity index (χ0v) is 12.9. The minimum absolute atomic E-state index is 0.199. The average molecular weight is 330 g/mol. The number of rotatable bonds is 6. The van der Waals surface area contributed by atoms with Gasteiger partial charge in [0.05, 0.1) is 28.8 Å². The third kappa shape index (κ3) is 4.88. The fraction of sp³-hybridized carbons (Fsp3) is 0.133. The zero-order valence-electron chi connectivity index (χ0n) is 12.0. The summed E-state index contributed by atoms with van der Waals surface area (Å²) >= 11 is 0. The first-order chi connectivity index (χ1) is 11.0. The average Bonchev–Trinajstić information content (AvgIpc) is 2.54. The largest absolute Gasteiger partial charge is 0.382 e. The number of hydrogen-bond acceptors (Lipinski definition) is 6. The molecule has 7 nitrogen and oxygen atoms in total. The van der Waals surface area contributed by atoms with Gasteiger partial charge in [-0.1, -0.05) is 12.1 Å². The summed E-state index contributed by atoms with van der Waals surface area (Å²) in [5.41, 5.74) is 1.80. The predicted octanol–water partition coefficient (Wildman–Crippen LogP) is 3.67. The highest BCUT2D eigenvalue weighted by Gasteiger charge is 2.08. The zero-order chi connectivity index (χ0) is 16.7. The van der Waals surface area contributed by atoms with E-state index in [-0.39, 0.29) is 4.90 Å². The third-order valence-electron chi connectivity index (χ3n) is 2.86. The number of nitrogens with one attached hydrogen (secondary N) is 1. The van der Waals surface area contributed by atoms with Crippen LogP contribution in [-0.2, 0) is 10.1 Å². The Hall–Kier alpha value is -2.76. The first-order valence-corrected chi connectivity index (χ1v) is 8.14. The lowest BCUT2D eigenvalue weighted by Gasteiger charge is -2.06. The van der Waals surface area contributed by atoms with Crippen LogP contribution in [0, 0.1) is 11.3 Å². The molecule has 0 fully saturated rings. The maximum absolute atomic E-state index is 11.0. The molecule has 0 radical (unpaired) electrons. The van der Waals surface area contributed by atoms with Gasteiger partial charge >= 0.3 is 0 Å². The summed E-state index contributed by atoms with van der Waals surface area (Å²) in [5, 5.41) is 19.8. The van der Waals surface area contributed by atoms with Crippen molar-refractivity contribution in [3.8, 4) is 6.07 Å². The van der Waals surface area contributed by atoms with Gasteiger partial charge in [-0.25, -0.2) is 0 Å². The van der Waals surface area contributed by atoms with Crippen molar-refractivity contribution < 1.29 is 13.0 Å². The normalized spacial score (nSPS) is 11.3. The molecule has 2 N–H and O–H groups in total. The molecule has 0 aliphatic carbocycles. The first-order valence-electron chi connectivity index (χ1n) is 6.70. The Kier molecular flexibility index (Phi) is 5.41. The van der Waals surface area contributed by atoms with Gasteiger partial charge in [-0.15, -0.1) is 5.11 Å². The molecule has 2 aromatic carbocycles. The predicted molar refractivity (Wildman–Crippen MR) is 85.6 cm³/mol. The molecule has 2 rings (SSSR count). The van der Waals surface area contributed by atoms with E-state index in [1.807, 2.05) is 24.3 Å². The molecule has 0 aliphatic rings. The number of anilines is 1. The molecule has 0 spiro atoms. The highest BCUT2D eigenvalue weighted by molar-refractivity contribution is 7.85. The van der Waals surface area contributed by atoms with Crippen LogP contribution >= 0.6 is 0 Å². The van der Waals surface area contributed by atoms with E-state index in [9.17, 15) is 8.42 Å². The van der Waals surface area contributed by atoms with Gasteiger partial charge in [0.2, 0.25) is 0 Å². The molecule has 23 heavy (non-hydrogen) atoms. The van der Waals surface area contributed by atoms with Gasteiger partial charge in [0, 0.05) is 6.54 Å². The number of benzene rings is 2. The lowest BCUT2D eigenvalue weighted by molar-refractivity contribution is 0.483. The number of para-hydroxylation sites is 1. The standard InChI is InChI=1S/C15H14N4O3S/c16-10-3-11-17-14-4-1-2-5-15(14)19-18-12-6-8-13(9-7-12)23(20,21)22/h1-2,4-9,17H,3,11H2,(H,20,21,22). The van der Waals surface area contributed by atoms with E-state index in [0.29, 0.717) is 24.3 Å². The second kappa shape index (κ2) is 7.49. The summed E-state index contributed by atoms with van der Waals surface area (Å²) in [6, 6.07) is 14.7. The van der Waals surface area contributed by atoms with E-state index in [2.05, 4.69) is 15.5 Å². The minimum atomic E-state index is -4.21. The minimum Gasteiger partial charge on any atom is -0.382 e. The van der Waals surface area contributed by atoms with E-state index in [0.717, 1.165) is 5.69 Å². The molecule has 0 unspecified atom stereocenters. The second-order valence-corrected chi connectivity index (χ2v) is 5.94. The van der Waals surface area contributed by atoms with Gasteiger partial charge in [0.25, 0.3) is 10.1 Å². The van der Waals surface area contributed by atoms with Crippen LogP contribution < -0.4 is 5.32 Å². The number of hydrogen-bond donors (Lipinski definition) is 2. The Balaban J connectivity index is 2.16. The molecule has 0 bridgehead atoms. The Morgan fingerprint density at radius 2 is 1.78 bits per heavy atom. The number of azo groups is 1. The lowest BCUT2D eigenvalue weighted by atomic mass is 10.2. The Bertz CT molecular complexity index is 840. The first kappa shape index (κ1) is 16.6. The van der Waals surface area contributed by atoms with Crippen molar-refractivity contribution in [1.82, 2.24) is 0 Å². The fourth-order valence-electron chi connectivity index (χ4n) is 1.76. The summed E-state index contributed by atoms with van der Waals surface area (Å²) in [4.78, 5) is -0.199. The smallest absolute Gasteiger partial charge is 0.294 e. The van der Waals surface area contributed by atoms with Crippen LogP contribution in [0.5, 0.6) is 0 Å². The van der Waals surface area contributed by atoms with Gasteiger partial charge in [-0.3, -0.25) is 4.55 Å². The van der Waals surface area contributed by atoms with Crippen molar-refractivity contribution in [2.45, 2.75) is 11.3 Å². The molecule has 0 aromatic heterocycles. The van der Waals surface area contributed by atoms with Crippen molar-refractivity contribution in [2.24, 2.45) is 10.2 Å². The monoisotopic (exact) mass is 330 g/mol. The molecule has 0 heterocycles. The van der Waals surface area contributed by atoms with Crippen molar-refractivity contribution >= 4 is 27.2 Å². The molecule has 2 aromatic rings. The summed E-state index contributed by atoms with van der Waals surface area (Å²) < 4.78 is 30.8. The highest BCUT2D eigenvalue weighted by Crippen LogP contribution is 2.26. The van der Waals surface area contributed by atoms with Gasteiger partial charge in [0.1, 0.15) is 5.69 Å². The Morgan fingerprint density at radius 3 is 2.43 bits per heavy atom. The molecule has 0 saturated heterocycles. The SMILES string of the molecule is N#CCCNc1ccccc1N=Nc1ccc(S(=O)(=O)O)cc1. The van der Waals surface area contributed by atoms with Gasteiger partial charge in [-0.2, -0.15) is 18.8 Å². The summed E-state index contributed by atoms with van der Waals surface area (Å²) in [7, 11) is -4.21. The summed E-state index contributed by atoms with van der Waals surface area (Å²) in [5.74, 6) is 0. The van der Waals surface area contributed by atoms with Gasteiger partial charge in [0.15, 0.2) is 0 Å². The van der Waals surface area contributed by atoms with E-state index in [1.165, 1.54) is 24.3 Å². The Labute approximate surface area is 134 Å². The van der Waals surface area contributed by atoms with Gasteiger partial charge in [-0.05, 0) is 36.4 Å². The van der Waals surface area contributed by atoms with Crippen LogP contribution in [0.25, 0.3) is 0 Å². The molecular formula is C15H14N4O3S. The van der Waals surface area contributed by atoms with E-state index < -0.39 is 10.1 Å². The summed E-state index contributed by atoms with van der Waals surface area (Å²) in [6.45, 7) is 0.506. The van der Waals surface area contributed by atoms with Crippen molar-refractivity contribution in [3.05, 3.63) is 48.5 Å². The molecule has 0 atom stereocenters. The van der Waals surface area contributed by atoms with Crippen LogP contribution in [0.2, 0.25) is 0 Å². The maximum Gasteiger partial charge on any atom is 0.294 e. The lowest BCUT2D eigenvalue weighted by Crippen LogP contribution is -1.99. The molecule has 0 aliphatic heterocycles. The van der Waals surface area contributed by atoms with Crippen LogP contribution in [0.15, 0.2) is 63.7 Å². The maximum atomic E-state index is 11.0. The quantitative estimate of drug-likeness (QED) is 0.476. The number of nitriles is 1. The van der Waals surface area contributed by atoms with Crippen molar-refractivity contribution in [1.29, 1.82) is 5.26 Å². The highest BCUT2D eigenvalue weighted by atomic mass is 32.2. The van der Waals surface area contributed by atoms with Crippen molar-refractivity contribution in [2.75, 3.05) is 11.9 Å². The molecule has 0 amide bonds. The van der Waals surface area contributed by atoms with E-state index >= 15 is 0 Å². The topological polar surface area (TPSA) is 115 Å². The van der Waals surface area contributed by atoms with Crippen LogP contribution in [-0.4, -0.2) is 19.5 Å². The number of nitrogens with zero attached hydrogens (tertiary/aromatic N) is 3.